The van der Waals surface area contributed by atoms with Crippen molar-refractivity contribution in [2.24, 2.45) is 5.92 Å². The van der Waals surface area contributed by atoms with Gasteiger partial charge in [-0.1, -0.05) is 11.6 Å². The maximum absolute atomic E-state index is 11.8. The van der Waals surface area contributed by atoms with Gasteiger partial charge in [-0.3, -0.25) is 9.59 Å². The van der Waals surface area contributed by atoms with E-state index in [4.69, 9.17) is 25.8 Å². The van der Waals surface area contributed by atoms with Crippen LogP contribution in [0.5, 0.6) is 5.75 Å². The van der Waals surface area contributed by atoms with Crippen LogP contribution in [0.25, 0.3) is 0 Å². The lowest BCUT2D eigenvalue weighted by atomic mass is 10.0. The lowest BCUT2D eigenvalue weighted by molar-refractivity contribution is -0.162. The minimum absolute atomic E-state index is 0.232. The Morgan fingerprint density at radius 1 is 1.05 bits per heavy atom. The highest BCUT2D eigenvalue weighted by Gasteiger charge is 2.28. The van der Waals surface area contributed by atoms with E-state index in [1.54, 1.807) is 38.1 Å². The van der Waals surface area contributed by atoms with Gasteiger partial charge in [-0.05, 0) is 51.0 Å². The molecule has 0 bridgehead atoms. The van der Waals surface area contributed by atoms with Crippen molar-refractivity contribution in [1.29, 1.82) is 0 Å². The first kappa shape index (κ1) is 18.3. The summed E-state index contributed by atoms with van der Waals surface area (Å²) in [5, 5.41) is 0.636. The summed E-state index contributed by atoms with van der Waals surface area (Å²) in [6.45, 7) is 4.25. The minimum Gasteiger partial charge on any atom is -0.494 e. The van der Waals surface area contributed by atoms with E-state index in [1.807, 2.05) is 0 Å². The third-order valence-corrected chi connectivity index (χ3v) is 3.11. The highest BCUT2D eigenvalue weighted by atomic mass is 35.5. The molecular weight excluding hydrogens is 308 g/mol. The molecule has 1 rings (SSSR count). The standard InChI is InChI=1S/C16H21ClO5/c1-3-20-15(18)14(16(19)21-4-2)6-5-11-22-13-9-7-12(17)8-10-13/h7-10,14H,3-6,11H2,1-2H3. The SMILES string of the molecule is CCOC(=O)C(CCCOc1ccc(Cl)cc1)C(=O)OCC. The summed E-state index contributed by atoms with van der Waals surface area (Å²) in [5.41, 5.74) is 0. The van der Waals surface area contributed by atoms with Gasteiger partial charge in [0, 0.05) is 5.02 Å². The van der Waals surface area contributed by atoms with Gasteiger partial charge in [-0.25, -0.2) is 0 Å². The Balaban J connectivity index is 2.43. The molecular formula is C16H21ClO5. The van der Waals surface area contributed by atoms with Crippen LogP contribution < -0.4 is 4.74 Å². The van der Waals surface area contributed by atoms with Crippen molar-refractivity contribution in [3.63, 3.8) is 0 Å². The Morgan fingerprint density at radius 3 is 2.09 bits per heavy atom. The Morgan fingerprint density at radius 2 is 1.59 bits per heavy atom. The second-order valence-corrected chi connectivity index (χ2v) is 4.94. The highest BCUT2D eigenvalue weighted by molar-refractivity contribution is 6.30. The van der Waals surface area contributed by atoms with Crippen LogP contribution in [-0.2, 0) is 19.1 Å². The van der Waals surface area contributed by atoms with Crippen molar-refractivity contribution in [2.75, 3.05) is 19.8 Å². The Hall–Kier alpha value is -1.75. The fourth-order valence-corrected chi connectivity index (χ4v) is 1.95. The fourth-order valence-electron chi connectivity index (χ4n) is 1.83. The molecule has 0 atom stereocenters. The van der Waals surface area contributed by atoms with Gasteiger partial charge >= 0.3 is 11.9 Å². The first-order chi connectivity index (χ1) is 10.6. The average Bonchev–Trinajstić information content (AvgIpc) is 2.49. The summed E-state index contributed by atoms with van der Waals surface area (Å²) in [7, 11) is 0. The highest BCUT2D eigenvalue weighted by Crippen LogP contribution is 2.17. The van der Waals surface area contributed by atoms with Crippen molar-refractivity contribution in [1.82, 2.24) is 0 Å². The zero-order valence-corrected chi connectivity index (χ0v) is 13.6. The molecule has 0 saturated heterocycles. The van der Waals surface area contributed by atoms with Crippen molar-refractivity contribution in [2.45, 2.75) is 26.7 Å². The molecule has 0 aliphatic heterocycles. The van der Waals surface area contributed by atoms with E-state index in [-0.39, 0.29) is 13.2 Å². The van der Waals surface area contributed by atoms with Crippen LogP contribution in [0, 0.1) is 5.92 Å². The van der Waals surface area contributed by atoms with Crippen molar-refractivity contribution >= 4 is 23.5 Å². The normalized spacial score (nSPS) is 10.4. The third kappa shape index (κ3) is 6.35. The van der Waals surface area contributed by atoms with Crippen LogP contribution in [-0.4, -0.2) is 31.8 Å². The molecule has 0 N–H and O–H groups in total. The molecule has 0 radical (unpaired) electrons. The van der Waals surface area contributed by atoms with E-state index in [1.165, 1.54) is 0 Å². The second-order valence-electron chi connectivity index (χ2n) is 4.50. The summed E-state index contributed by atoms with van der Waals surface area (Å²) < 4.78 is 15.3. The number of benzene rings is 1. The fraction of sp³-hybridized carbons (Fsp3) is 0.500. The molecule has 122 valence electrons. The van der Waals surface area contributed by atoms with Gasteiger partial charge in [0.2, 0.25) is 0 Å². The van der Waals surface area contributed by atoms with Crippen LogP contribution >= 0.6 is 11.6 Å². The molecule has 1 aromatic carbocycles. The quantitative estimate of drug-likeness (QED) is 0.395. The number of halogens is 1. The molecule has 22 heavy (non-hydrogen) atoms. The summed E-state index contributed by atoms with van der Waals surface area (Å²) in [6.07, 6.45) is 0.857. The molecule has 0 aliphatic rings. The molecule has 0 aliphatic carbocycles. The first-order valence-corrected chi connectivity index (χ1v) is 7.67. The van der Waals surface area contributed by atoms with Crippen LogP contribution in [0.2, 0.25) is 5.02 Å². The van der Waals surface area contributed by atoms with Gasteiger partial charge in [0.1, 0.15) is 5.75 Å². The molecule has 6 heteroatoms. The predicted molar refractivity (Wildman–Crippen MR) is 82.9 cm³/mol. The number of rotatable bonds is 9. The van der Waals surface area contributed by atoms with Crippen LogP contribution in [0.15, 0.2) is 24.3 Å². The number of hydrogen-bond acceptors (Lipinski definition) is 5. The van der Waals surface area contributed by atoms with E-state index in [0.717, 1.165) is 0 Å². The molecule has 0 saturated carbocycles. The average molecular weight is 329 g/mol. The smallest absolute Gasteiger partial charge is 0.320 e. The van der Waals surface area contributed by atoms with Crippen molar-refractivity contribution in [3.05, 3.63) is 29.3 Å². The summed E-state index contributed by atoms with van der Waals surface area (Å²) >= 11 is 5.79. The number of hydrogen-bond donors (Lipinski definition) is 0. The molecule has 0 unspecified atom stereocenters. The lowest BCUT2D eigenvalue weighted by Gasteiger charge is -2.14. The number of carbonyl (C=O) groups is 2. The van der Waals surface area contributed by atoms with E-state index < -0.39 is 17.9 Å². The zero-order chi connectivity index (χ0) is 16.4. The maximum atomic E-state index is 11.8. The molecule has 5 nitrogen and oxygen atoms in total. The lowest BCUT2D eigenvalue weighted by Crippen LogP contribution is -2.28. The monoisotopic (exact) mass is 328 g/mol. The number of esters is 2. The summed E-state index contributed by atoms with van der Waals surface area (Å²) in [6, 6.07) is 6.99. The van der Waals surface area contributed by atoms with Crippen LogP contribution in [0.3, 0.4) is 0 Å². The van der Waals surface area contributed by atoms with Gasteiger partial charge in [0.25, 0.3) is 0 Å². The summed E-state index contributed by atoms with van der Waals surface area (Å²) in [4.78, 5) is 23.6. The second kappa shape index (κ2) is 10.1. The number of ether oxygens (including phenoxy) is 3. The topological polar surface area (TPSA) is 61.8 Å². The number of carbonyl (C=O) groups excluding carboxylic acids is 2. The van der Waals surface area contributed by atoms with Crippen LogP contribution in [0.4, 0.5) is 0 Å². The van der Waals surface area contributed by atoms with Gasteiger partial charge in [-0.2, -0.15) is 0 Å². The minimum atomic E-state index is -0.895. The molecule has 0 aromatic heterocycles. The van der Waals surface area contributed by atoms with Gasteiger partial charge in [0.15, 0.2) is 5.92 Å². The van der Waals surface area contributed by atoms with Gasteiger partial charge in [0.05, 0.1) is 19.8 Å². The zero-order valence-electron chi connectivity index (χ0n) is 12.8. The van der Waals surface area contributed by atoms with E-state index in [0.29, 0.717) is 30.2 Å². The first-order valence-electron chi connectivity index (χ1n) is 7.30. The van der Waals surface area contributed by atoms with E-state index in [9.17, 15) is 9.59 Å². The van der Waals surface area contributed by atoms with E-state index in [2.05, 4.69) is 0 Å². The molecule has 0 spiro atoms. The maximum Gasteiger partial charge on any atom is 0.320 e. The largest absolute Gasteiger partial charge is 0.494 e. The third-order valence-electron chi connectivity index (χ3n) is 2.86. The summed E-state index contributed by atoms with van der Waals surface area (Å²) in [5.74, 6) is -1.30. The van der Waals surface area contributed by atoms with Crippen molar-refractivity contribution < 1.29 is 23.8 Å². The predicted octanol–water partition coefficient (Wildman–Crippen LogP) is 3.24. The van der Waals surface area contributed by atoms with E-state index >= 15 is 0 Å². The van der Waals surface area contributed by atoms with Crippen molar-refractivity contribution in [3.8, 4) is 5.75 Å². The molecule has 0 fully saturated rings. The van der Waals surface area contributed by atoms with Gasteiger partial charge < -0.3 is 14.2 Å². The Kier molecular flexibility index (Phi) is 8.36. The Labute approximate surface area is 135 Å². The van der Waals surface area contributed by atoms with Gasteiger partial charge in [-0.15, -0.1) is 0 Å². The molecule has 0 heterocycles. The van der Waals surface area contributed by atoms with Crippen LogP contribution in [0.1, 0.15) is 26.7 Å². The molecule has 0 amide bonds. The molecule has 1 aromatic rings. The Bertz CT molecular complexity index is 454.